The summed E-state index contributed by atoms with van der Waals surface area (Å²) in [5, 5.41) is 11.8. The van der Waals surface area contributed by atoms with E-state index in [-0.39, 0.29) is 11.8 Å². The summed E-state index contributed by atoms with van der Waals surface area (Å²) >= 11 is 0. The highest BCUT2D eigenvalue weighted by molar-refractivity contribution is 5.97. The van der Waals surface area contributed by atoms with E-state index in [1.165, 1.54) is 0 Å². The van der Waals surface area contributed by atoms with Crippen molar-refractivity contribution in [2.45, 2.75) is 26.3 Å². The first-order chi connectivity index (χ1) is 9.36. The van der Waals surface area contributed by atoms with Crippen LogP contribution in [0.3, 0.4) is 0 Å². The maximum Gasteiger partial charge on any atom is 0.326 e. The molecule has 1 rings (SSSR count). The number of hydrogen-bond donors (Lipinski definition) is 2. The maximum atomic E-state index is 12.2. The minimum absolute atomic E-state index is 0.117. The van der Waals surface area contributed by atoms with Gasteiger partial charge in [0.2, 0.25) is 0 Å². The van der Waals surface area contributed by atoms with Crippen LogP contribution in [0.5, 0.6) is 0 Å². The molecule has 0 aliphatic heterocycles. The van der Waals surface area contributed by atoms with Gasteiger partial charge in [0.25, 0.3) is 5.91 Å². The second-order valence-corrected chi connectivity index (χ2v) is 5.12. The van der Waals surface area contributed by atoms with Crippen molar-refractivity contribution in [1.82, 2.24) is 5.32 Å². The van der Waals surface area contributed by atoms with Gasteiger partial charge in [-0.1, -0.05) is 26.3 Å². The van der Waals surface area contributed by atoms with Gasteiger partial charge < -0.3 is 15.3 Å². The standard InChI is InChI=1S/C15H22N2O3/c1-5-10(2)13(15(19)20)16-14(18)11-7-6-8-12(9-11)17(3)4/h6-10,13H,5H2,1-4H3,(H,16,18)(H,19,20)/t10?,13-/m0/s1. The number of carbonyl (C=O) groups is 2. The second-order valence-electron chi connectivity index (χ2n) is 5.12. The van der Waals surface area contributed by atoms with Gasteiger partial charge in [-0.05, 0) is 24.1 Å². The predicted octanol–water partition coefficient (Wildman–Crippen LogP) is 1.98. The molecule has 20 heavy (non-hydrogen) atoms. The van der Waals surface area contributed by atoms with Crippen molar-refractivity contribution in [2.75, 3.05) is 19.0 Å². The number of anilines is 1. The highest BCUT2D eigenvalue weighted by Crippen LogP contribution is 2.14. The van der Waals surface area contributed by atoms with Gasteiger partial charge in [-0.3, -0.25) is 4.79 Å². The highest BCUT2D eigenvalue weighted by Gasteiger charge is 2.25. The first kappa shape index (κ1) is 16.0. The third-order valence-corrected chi connectivity index (χ3v) is 3.39. The largest absolute Gasteiger partial charge is 0.480 e. The number of amides is 1. The molecule has 0 aliphatic rings. The van der Waals surface area contributed by atoms with Crippen LogP contribution in [-0.4, -0.2) is 37.1 Å². The van der Waals surface area contributed by atoms with Crippen LogP contribution in [0.1, 0.15) is 30.6 Å². The van der Waals surface area contributed by atoms with Crippen molar-refractivity contribution in [2.24, 2.45) is 5.92 Å². The number of nitrogens with zero attached hydrogens (tertiary/aromatic N) is 1. The molecule has 0 fully saturated rings. The molecule has 0 saturated carbocycles. The Labute approximate surface area is 119 Å². The van der Waals surface area contributed by atoms with Crippen LogP contribution in [0.15, 0.2) is 24.3 Å². The van der Waals surface area contributed by atoms with Gasteiger partial charge in [0.1, 0.15) is 6.04 Å². The summed E-state index contributed by atoms with van der Waals surface area (Å²) in [5.41, 5.74) is 1.36. The average Bonchev–Trinajstić information content (AvgIpc) is 2.43. The zero-order valence-corrected chi connectivity index (χ0v) is 12.4. The molecule has 0 saturated heterocycles. The van der Waals surface area contributed by atoms with Gasteiger partial charge in [-0.25, -0.2) is 4.79 Å². The third kappa shape index (κ3) is 3.98. The zero-order chi connectivity index (χ0) is 15.3. The van der Waals surface area contributed by atoms with E-state index < -0.39 is 12.0 Å². The molecule has 2 atom stereocenters. The normalized spacial score (nSPS) is 13.4. The van der Waals surface area contributed by atoms with Crippen molar-refractivity contribution >= 4 is 17.6 Å². The Morgan fingerprint density at radius 3 is 2.50 bits per heavy atom. The van der Waals surface area contributed by atoms with Gasteiger partial charge in [0.15, 0.2) is 0 Å². The van der Waals surface area contributed by atoms with Crippen LogP contribution in [-0.2, 0) is 4.79 Å². The van der Waals surface area contributed by atoms with Crippen LogP contribution >= 0.6 is 0 Å². The van der Waals surface area contributed by atoms with E-state index in [2.05, 4.69) is 5.32 Å². The van der Waals surface area contributed by atoms with E-state index in [0.29, 0.717) is 12.0 Å². The highest BCUT2D eigenvalue weighted by atomic mass is 16.4. The smallest absolute Gasteiger partial charge is 0.326 e. The summed E-state index contributed by atoms with van der Waals surface area (Å²) in [6, 6.07) is 6.22. The van der Waals surface area contributed by atoms with E-state index >= 15 is 0 Å². The lowest BCUT2D eigenvalue weighted by Crippen LogP contribution is -2.45. The molecule has 5 heteroatoms. The minimum Gasteiger partial charge on any atom is -0.480 e. The Hall–Kier alpha value is -2.04. The number of hydrogen-bond acceptors (Lipinski definition) is 3. The molecule has 1 amide bonds. The van der Waals surface area contributed by atoms with Crippen LogP contribution in [0.4, 0.5) is 5.69 Å². The first-order valence-corrected chi connectivity index (χ1v) is 6.67. The third-order valence-electron chi connectivity index (χ3n) is 3.39. The number of benzene rings is 1. The molecule has 0 radical (unpaired) electrons. The summed E-state index contributed by atoms with van der Waals surface area (Å²) in [6.45, 7) is 3.72. The summed E-state index contributed by atoms with van der Waals surface area (Å²) in [7, 11) is 3.77. The Bertz CT molecular complexity index is 486. The van der Waals surface area contributed by atoms with E-state index in [0.717, 1.165) is 5.69 Å². The van der Waals surface area contributed by atoms with E-state index in [4.69, 9.17) is 0 Å². The van der Waals surface area contributed by atoms with Crippen molar-refractivity contribution in [1.29, 1.82) is 0 Å². The lowest BCUT2D eigenvalue weighted by molar-refractivity contribution is -0.140. The fourth-order valence-electron chi connectivity index (χ4n) is 1.83. The van der Waals surface area contributed by atoms with Gasteiger partial charge in [0.05, 0.1) is 0 Å². The monoisotopic (exact) mass is 278 g/mol. The summed E-state index contributed by atoms with van der Waals surface area (Å²) < 4.78 is 0. The van der Waals surface area contributed by atoms with Crippen molar-refractivity contribution in [3.63, 3.8) is 0 Å². The number of carboxylic acids is 1. The molecule has 2 N–H and O–H groups in total. The molecule has 0 bridgehead atoms. The van der Waals surface area contributed by atoms with Crippen LogP contribution < -0.4 is 10.2 Å². The molecule has 0 heterocycles. The van der Waals surface area contributed by atoms with Crippen LogP contribution in [0.2, 0.25) is 0 Å². The lowest BCUT2D eigenvalue weighted by Gasteiger charge is -2.20. The molecular weight excluding hydrogens is 256 g/mol. The molecule has 1 aromatic rings. The Balaban J connectivity index is 2.89. The van der Waals surface area contributed by atoms with Crippen molar-refractivity contribution in [3.05, 3.63) is 29.8 Å². The maximum absolute atomic E-state index is 12.2. The average molecular weight is 278 g/mol. The molecule has 1 aromatic carbocycles. The topological polar surface area (TPSA) is 69.6 Å². The molecule has 5 nitrogen and oxygen atoms in total. The fourth-order valence-corrected chi connectivity index (χ4v) is 1.83. The number of aliphatic carboxylic acids is 1. The SMILES string of the molecule is CCC(C)[C@H](NC(=O)c1cccc(N(C)C)c1)C(=O)O. The van der Waals surface area contributed by atoms with Crippen molar-refractivity contribution in [3.8, 4) is 0 Å². The first-order valence-electron chi connectivity index (χ1n) is 6.67. The molecule has 0 spiro atoms. The lowest BCUT2D eigenvalue weighted by atomic mass is 9.99. The second kappa shape index (κ2) is 6.93. The molecule has 0 aromatic heterocycles. The van der Waals surface area contributed by atoms with Gasteiger partial charge in [-0.2, -0.15) is 0 Å². The minimum atomic E-state index is -1.00. The fraction of sp³-hybridized carbons (Fsp3) is 0.467. The Morgan fingerprint density at radius 2 is 2.00 bits per heavy atom. The quantitative estimate of drug-likeness (QED) is 0.835. The Kier molecular flexibility index (Phi) is 5.55. The molecule has 1 unspecified atom stereocenters. The molecular formula is C15H22N2O3. The van der Waals surface area contributed by atoms with Gasteiger partial charge in [-0.15, -0.1) is 0 Å². The van der Waals surface area contributed by atoms with E-state index in [1.807, 2.05) is 38.9 Å². The molecule has 0 aliphatic carbocycles. The number of rotatable bonds is 6. The van der Waals surface area contributed by atoms with Crippen molar-refractivity contribution < 1.29 is 14.7 Å². The summed E-state index contributed by atoms with van der Waals surface area (Å²) in [4.78, 5) is 25.3. The summed E-state index contributed by atoms with van der Waals surface area (Å²) in [6.07, 6.45) is 0.689. The molecule has 110 valence electrons. The van der Waals surface area contributed by atoms with E-state index in [1.54, 1.807) is 18.2 Å². The van der Waals surface area contributed by atoms with Crippen LogP contribution in [0, 0.1) is 5.92 Å². The zero-order valence-electron chi connectivity index (χ0n) is 12.4. The number of carbonyl (C=O) groups excluding carboxylic acids is 1. The predicted molar refractivity (Wildman–Crippen MR) is 79.1 cm³/mol. The summed E-state index contributed by atoms with van der Waals surface area (Å²) in [5.74, 6) is -1.48. The van der Waals surface area contributed by atoms with Crippen LogP contribution in [0.25, 0.3) is 0 Å². The van der Waals surface area contributed by atoms with E-state index in [9.17, 15) is 14.7 Å². The van der Waals surface area contributed by atoms with Gasteiger partial charge in [0, 0.05) is 25.3 Å². The van der Waals surface area contributed by atoms with Gasteiger partial charge >= 0.3 is 5.97 Å². The number of carboxylic acid groups (broad SMARTS) is 1. The Morgan fingerprint density at radius 1 is 1.35 bits per heavy atom. The number of nitrogens with one attached hydrogen (secondary N) is 1.